The molecule has 0 unspecified atom stereocenters. The third-order valence-electron chi connectivity index (χ3n) is 4.34. The number of aromatic nitrogens is 2. The molecular formula is C17H21FN4O2S. The van der Waals surface area contributed by atoms with Crippen LogP contribution < -0.4 is 4.90 Å². The molecule has 1 aliphatic rings. The SMILES string of the molecule is Cc1nc(CN2C[C@@H](F)C[C@H]2CN(C)c2cccc(C(=O)O)n2)cs1. The second-order valence-electron chi connectivity index (χ2n) is 6.34. The van der Waals surface area contributed by atoms with Gasteiger partial charge in [-0.05, 0) is 25.5 Å². The lowest BCUT2D eigenvalue weighted by atomic mass is 10.2. The van der Waals surface area contributed by atoms with Gasteiger partial charge in [0.05, 0.1) is 10.7 Å². The van der Waals surface area contributed by atoms with Crippen molar-refractivity contribution in [3.63, 3.8) is 0 Å². The maximum absolute atomic E-state index is 14.0. The average molecular weight is 364 g/mol. The number of hydrogen-bond donors (Lipinski definition) is 1. The molecule has 3 rings (SSSR count). The quantitative estimate of drug-likeness (QED) is 0.850. The largest absolute Gasteiger partial charge is 0.477 e. The first-order valence-corrected chi connectivity index (χ1v) is 9.01. The van der Waals surface area contributed by atoms with Crippen LogP contribution in [0.4, 0.5) is 10.2 Å². The van der Waals surface area contributed by atoms with Crippen LogP contribution in [0.25, 0.3) is 0 Å². The maximum atomic E-state index is 14.0. The summed E-state index contributed by atoms with van der Waals surface area (Å²) >= 11 is 1.60. The second kappa shape index (κ2) is 7.45. The minimum absolute atomic E-state index is 0.00828. The van der Waals surface area contributed by atoms with E-state index in [1.165, 1.54) is 6.07 Å². The van der Waals surface area contributed by atoms with Gasteiger partial charge in [-0.3, -0.25) is 4.90 Å². The fourth-order valence-corrected chi connectivity index (χ4v) is 3.76. The Bertz CT molecular complexity index is 754. The van der Waals surface area contributed by atoms with Crippen molar-refractivity contribution in [1.82, 2.24) is 14.9 Å². The Labute approximate surface area is 149 Å². The predicted octanol–water partition coefficient (Wildman–Crippen LogP) is 2.59. The summed E-state index contributed by atoms with van der Waals surface area (Å²) in [4.78, 5) is 23.7. The maximum Gasteiger partial charge on any atom is 0.354 e. The van der Waals surface area contributed by atoms with Crippen molar-refractivity contribution in [3.05, 3.63) is 40.0 Å². The van der Waals surface area contributed by atoms with Gasteiger partial charge in [0.1, 0.15) is 12.0 Å². The molecule has 1 saturated heterocycles. The molecule has 0 amide bonds. The summed E-state index contributed by atoms with van der Waals surface area (Å²) in [6.45, 7) is 3.58. The number of anilines is 1. The molecule has 0 bridgehead atoms. The van der Waals surface area contributed by atoms with Crippen molar-refractivity contribution in [3.8, 4) is 0 Å². The van der Waals surface area contributed by atoms with Crippen LogP contribution in [0.3, 0.4) is 0 Å². The van der Waals surface area contributed by atoms with Gasteiger partial charge in [-0.1, -0.05) is 6.07 Å². The van der Waals surface area contributed by atoms with Crippen molar-refractivity contribution in [2.24, 2.45) is 0 Å². The summed E-state index contributed by atoms with van der Waals surface area (Å²) in [5, 5.41) is 12.1. The highest BCUT2D eigenvalue weighted by Crippen LogP contribution is 2.25. The Balaban J connectivity index is 1.69. The number of rotatable bonds is 6. The first kappa shape index (κ1) is 17.8. The summed E-state index contributed by atoms with van der Waals surface area (Å²) in [6, 6.07) is 4.94. The smallest absolute Gasteiger partial charge is 0.354 e. The standard InChI is InChI=1S/C17H21FN4O2S/c1-11-19-13(10-25-11)8-22-7-12(18)6-14(22)9-21(2)16-5-3-4-15(20-16)17(23)24/h3-5,10,12,14H,6-9H2,1-2H3,(H,23,24)/t12-,14-/m0/s1. The molecule has 2 atom stereocenters. The van der Waals surface area contributed by atoms with Crippen LogP contribution >= 0.6 is 11.3 Å². The van der Waals surface area contributed by atoms with E-state index < -0.39 is 12.1 Å². The molecule has 0 radical (unpaired) electrons. The van der Waals surface area contributed by atoms with Gasteiger partial charge in [0, 0.05) is 38.1 Å². The first-order chi connectivity index (χ1) is 11.9. The molecular weight excluding hydrogens is 343 g/mol. The summed E-state index contributed by atoms with van der Waals surface area (Å²) in [7, 11) is 1.85. The zero-order valence-corrected chi connectivity index (χ0v) is 15.0. The van der Waals surface area contributed by atoms with Crippen LogP contribution in [-0.4, -0.2) is 58.3 Å². The summed E-state index contributed by atoms with van der Waals surface area (Å²) in [5.74, 6) is -0.480. The Hall–Kier alpha value is -2.06. The number of likely N-dealkylation sites (tertiary alicyclic amines) is 1. The highest BCUT2D eigenvalue weighted by atomic mass is 32.1. The van der Waals surface area contributed by atoms with Crippen LogP contribution in [0.2, 0.25) is 0 Å². The zero-order valence-electron chi connectivity index (χ0n) is 14.2. The van der Waals surface area contributed by atoms with Gasteiger partial charge in [0.25, 0.3) is 0 Å². The van der Waals surface area contributed by atoms with Gasteiger partial charge in [0.15, 0.2) is 5.69 Å². The molecule has 1 N–H and O–H groups in total. The van der Waals surface area contributed by atoms with Gasteiger partial charge >= 0.3 is 5.97 Å². The van der Waals surface area contributed by atoms with E-state index in [1.807, 2.05) is 24.3 Å². The Morgan fingerprint density at radius 2 is 2.28 bits per heavy atom. The number of nitrogens with zero attached hydrogens (tertiary/aromatic N) is 4. The van der Waals surface area contributed by atoms with E-state index in [1.54, 1.807) is 23.5 Å². The van der Waals surface area contributed by atoms with Crippen LogP contribution in [0.1, 0.15) is 27.6 Å². The van der Waals surface area contributed by atoms with Crippen molar-refractivity contribution in [2.75, 3.05) is 25.0 Å². The van der Waals surface area contributed by atoms with Crippen molar-refractivity contribution >= 4 is 23.1 Å². The van der Waals surface area contributed by atoms with Crippen molar-refractivity contribution in [2.45, 2.75) is 32.1 Å². The fraction of sp³-hybridized carbons (Fsp3) is 0.471. The van der Waals surface area contributed by atoms with E-state index in [0.717, 1.165) is 10.7 Å². The van der Waals surface area contributed by atoms with E-state index in [2.05, 4.69) is 14.9 Å². The molecule has 1 fully saturated rings. The molecule has 0 aliphatic carbocycles. The Kier molecular flexibility index (Phi) is 5.29. The predicted molar refractivity (Wildman–Crippen MR) is 95.0 cm³/mol. The normalized spacial score (nSPS) is 20.8. The number of carboxylic acid groups (broad SMARTS) is 1. The van der Waals surface area contributed by atoms with Gasteiger partial charge in [0.2, 0.25) is 0 Å². The number of alkyl halides is 1. The Morgan fingerprint density at radius 1 is 1.48 bits per heavy atom. The summed E-state index contributed by atoms with van der Waals surface area (Å²) < 4.78 is 14.0. The highest BCUT2D eigenvalue weighted by molar-refractivity contribution is 7.09. The number of halogens is 1. The molecule has 2 aromatic heterocycles. The highest BCUT2D eigenvalue weighted by Gasteiger charge is 2.33. The minimum atomic E-state index is -1.06. The lowest BCUT2D eigenvalue weighted by Gasteiger charge is -2.28. The molecule has 3 heterocycles. The Morgan fingerprint density at radius 3 is 2.96 bits per heavy atom. The van der Waals surface area contributed by atoms with Gasteiger partial charge < -0.3 is 10.0 Å². The molecule has 6 nitrogen and oxygen atoms in total. The molecule has 1 aliphatic heterocycles. The van der Waals surface area contributed by atoms with Gasteiger partial charge in [-0.2, -0.15) is 0 Å². The molecule has 0 spiro atoms. The molecule has 0 aromatic carbocycles. The molecule has 25 heavy (non-hydrogen) atoms. The lowest BCUT2D eigenvalue weighted by Crippen LogP contribution is -2.39. The van der Waals surface area contributed by atoms with Crippen LogP contribution in [-0.2, 0) is 6.54 Å². The lowest BCUT2D eigenvalue weighted by molar-refractivity contribution is 0.0690. The number of pyridine rings is 1. The van der Waals surface area contributed by atoms with E-state index >= 15 is 0 Å². The van der Waals surface area contributed by atoms with Crippen LogP contribution in [0.15, 0.2) is 23.6 Å². The van der Waals surface area contributed by atoms with E-state index in [0.29, 0.717) is 31.9 Å². The molecule has 0 saturated carbocycles. The number of aromatic carboxylic acids is 1. The average Bonchev–Trinajstić information content (AvgIpc) is 3.13. The fourth-order valence-electron chi connectivity index (χ4n) is 3.16. The summed E-state index contributed by atoms with van der Waals surface area (Å²) in [5.41, 5.74) is 0.976. The molecule has 8 heteroatoms. The number of carboxylic acids is 1. The molecule has 2 aromatic rings. The number of thiazole rings is 1. The van der Waals surface area contributed by atoms with Crippen molar-refractivity contribution < 1.29 is 14.3 Å². The third kappa shape index (κ3) is 4.32. The first-order valence-electron chi connectivity index (χ1n) is 8.13. The summed E-state index contributed by atoms with van der Waals surface area (Å²) in [6.07, 6.45) is -0.386. The number of carbonyl (C=O) groups is 1. The monoisotopic (exact) mass is 364 g/mol. The molecule has 134 valence electrons. The van der Waals surface area contributed by atoms with Crippen molar-refractivity contribution in [1.29, 1.82) is 0 Å². The van der Waals surface area contributed by atoms with E-state index in [-0.39, 0.29) is 11.7 Å². The third-order valence-corrected chi connectivity index (χ3v) is 5.16. The second-order valence-corrected chi connectivity index (χ2v) is 7.40. The van der Waals surface area contributed by atoms with Crippen LogP contribution in [0, 0.1) is 6.92 Å². The van der Waals surface area contributed by atoms with E-state index in [4.69, 9.17) is 5.11 Å². The van der Waals surface area contributed by atoms with Gasteiger partial charge in [-0.25, -0.2) is 19.2 Å². The minimum Gasteiger partial charge on any atom is -0.477 e. The van der Waals surface area contributed by atoms with Gasteiger partial charge in [-0.15, -0.1) is 11.3 Å². The number of hydrogen-bond acceptors (Lipinski definition) is 6. The van der Waals surface area contributed by atoms with E-state index in [9.17, 15) is 9.18 Å². The zero-order chi connectivity index (χ0) is 18.0. The number of likely N-dealkylation sites (N-methyl/N-ethyl adjacent to an activating group) is 1. The number of aryl methyl sites for hydroxylation is 1. The van der Waals surface area contributed by atoms with Crippen LogP contribution in [0.5, 0.6) is 0 Å². The topological polar surface area (TPSA) is 69.6 Å².